The minimum atomic E-state index is -0.185. The molecule has 5 nitrogen and oxygen atoms in total. The van der Waals surface area contributed by atoms with Crippen LogP contribution < -0.4 is 0 Å². The molecule has 0 aliphatic carbocycles. The van der Waals surface area contributed by atoms with E-state index in [9.17, 15) is 9.59 Å². The van der Waals surface area contributed by atoms with Crippen molar-refractivity contribution < 1.29 is 9.59 Å². The van der Waals surface area contributed by atoms with Crippen molar-refractivity contribution in [3.05, 3.63) is 62.8 Å². The lowest BCUT2D eigenvalue weighted by atomic mass is 10.1. The number of amides is 2. The van der Waals surface area contributed by atoms with Crippen LogP contribution in [0, 0.1) is 0 Å². The maximum absolute atomic E-state index is 12.7. The van der Waals surface area contributed by atoms with Crippen molar-refractivity contribution in [2.24, 2.45) is 0 Å². The van der Waals surface area contributed by atoms with E-state index >= 15 is 0 Å². The summed E-state index contributed by atoms with van der Waals surface area (Å²) in [6, 6.07) is 8.91. The summed E-state index contributed by atoms with van der Waals surface area (Å²) in [5, 5.41) is 0.179. The molecular weight excluding hydrogens is 406 g/mol. The second kappa shape index (κ2) is 8.45. The summed E-state index contributed by atoms with van der Waals surface area (Å²) in [5.41, 5.74) is 1.91. The smallest absolute Gasteiger partial charge is 0.257 e. The third-order valence-electron chi connectivity index (χ3n) is 3.69. The zero-order valence-corrected chi connectivity index (χ0v) is 16.6. The van der Waals surface area contributed by atoms with Gasteiger partial charge in [-0.1, -0.05) is 23.7 Å². The van der Waals surface area contributed by atoms with Crippen LogP contribution in [0.3, 0.4) is 0 Å². The molecular formula is C18H19BrClN3O2. The first-order valence-corrected chi connectivity index (χ1v) is 8.91. The monoisotopic (exact) mass is 423 g/mol. The summed E-state index contributed by atoms with van der Waals surface area (Å²) in [6.45, 7) is 2.86. The van der Waals surface area contributed by atoms with E-state index in [0.717, 1.165) is 5.56 Å². The predicted molar refractivity (Wildman–Crippen MR) is 102 cm³/mol. The van der Waals surface area contributed by atoms with Crippen molar-refractivity contribution >= 4 is 39.3 Å². The van der Waals surface area contributed by atoms with E-state index in [2.05, 4.69) is 20.9 Å². The largest absolute Gasteiger partial charge is 0.345 e. The standard InChI is InChI=1S/C18H19BrClN3O2/c1-4-23(18(25)15-9-14(19)10-21-16(15)20)11-12-5-7-13(8-6-12)17(24)22(2)3/h5-10H,4,11H2,1-3H3. The van der Waals surface area contributed by atoms with Crippen LogP contribution in [0.4, 0.5) is 0 Å². The van der Waals surface area contributed by atoms with Crippen molar-refractivity contribution in [3.63, 3.8) is 0 Å². The molecule has 1 aromatic heterocycles. The van der Waals surface area contributed by atoms with Crippen molar-refractivity contribution in [1.82, 2.24) is 14.8 Å². The molecule has 2 amide bonds. The number of hydrogen-bond acceptors (Lipinski definition) is 3. The maximum Gasteiger partial charge on any atom is 0.257 e. The average Bonchev–Trinajstić information content (AvgIpc) is 2.61. The summed E-state index contributed by atoms with van der Waals surface area (Å²) in [5.74, 6) is -0.239. The second-order valence-corrected chi connectivity index (χ2v) is 6.98. The van der Waals surface area contributed by atoms with Crippen LogP contribution >= 0.6 is 27.5 Å². The third kappa shape index (κ3) is 4.80. The summed E-state index contributed by atoms with van der Waals surface area (Å²) in [7, 11) is 3.42. The molecule has 0 aliphatic rings. The average molecular weight is 425 g/mol. The first-order valence-electron chi connectivity index (χ1n) is 7.74. The van der Waals surface area contributed by atoms with Crippen LogP contribution in [0.2, 0.25) is 5.15 Å². The molecule has 0 saturated heterocycles. The Labute approximate surface area is 160 Å². The number of benzene rings is 1. The van der Waals surface area contributed by atoms with Crippen molar-refractivity contribution in [3.8, 4) is 0 Å². The zero-order chi connectivity index (χ0) is 18.6. The van der Waals surface area contributed by atoms with Gasteiger partial charge in [-0.25, -0.2) is 4.98 Å². The Morgan fingerprint density at radius 2 is 1.80 bits per heavy atom. The molecule has 0 fully saturated rings. The number of rotatable bonds is 5. The Morgan fingerprint density at radius 1 is 1.16 bits per heavy atom. The number of carbonyl (C=O) groups excluding carboxylic acids is 2. The molecule has 1 heterocycles. The maximum atomic E-state index is 12.7. The lowest BCUT2D eigenvalue weighted by Crippen LogP contribution is -2.30. The van der Waals surface area contributed by atoms with Crippen LogP contribution in [0.1, 0.15) is 33.2 Å². The molecule has 0 radical (unpaired) electrons. The van der Waals surface area contributed by atoms with Crippen LogP contribution in [0.25, 0.3) is 0 Å². The number of hydrogen-bond donors (Lipinski definition) is 0. The molecule has 2 rings (SSSR count). The Morgan fingerprint density at radius 3 is 2.36 bits per heavy atom. The number of nitrogens with zero attached hydrogens (tertiary/aromatic N) is 3. The molecule has 0 saturated carbocycles. The fraction of sp³-hybridized carbons (Fsp3) is 0.278. The Kier molecular flexibility index (Phi) is 6.56. The van der Waals surface area contributed by atoms with E-state index in [1.54, 1.807) is 43.4 Å². The first kappa shape index (κ1) is 19.4. The minimum Gasteiger partial charge on any atom is -0.345 e. The molecule has 0 bridgehead atoms. The van der Waals surface area contributed by atoms with Gasteiger partial charge in [0.1, 0.15) is 5.15 Å². The molecule has 0 N–H and O–H groups in total. The van der Waals surface area contributed by atoms with Gasteiger partial charge in [0.2, 0.25) is 0 Å². The van der Waals surface area contributed by atoms with Gasteiger partial charge in [0.25, 0.3) is 11.8 Å². The van der Waals surface area contributed by atoms with Crippen LogP contribution in [0.15, 0.2) is 41.0 Å². The first-order chi connectivity index (χ1) is 11.8. The number of carbonyl (C=O) groups is 2. The molecule has 2 aromatic rings. The van der Waals surface area contributed by atoms with Gasteiger partial charge in [-0.15, -0.1) is 0 Å². The van der Waals surface area contributed by atoms with E-state index in [4.69, 9.17) is 11.6 Å². The summed E-state index contributed by atoms with van der Waals surface area (Å²) in [6.07, 6.45) is 1.55. The zero-order valence-electron chi connectivity index (χ0n) is 14.3. The molecule has 7 heteroatoms. The van der Waals surface area contributed by atoms with Gasteiger partial charge in [-0.05, 0) is 46.6 Å². The van der Waals surface area contributed by atoms with Gasteiger partial charge >= 0.3 is 0 Å². The molecule has 0 atom stereocenters. The fourth-order valence-electron chi connectivity index (χ4n) is 2.30. The van der Waals surface area contributed by atoms with E-state index in [1.165, 1.54) is 4.90 Å². The molecule has 25 heavy (non-hydrogen) atoms. The second-order valence-electron chi connectivity index (χ2n) is 5.71. The Hall–Kier alpha value is -1.92. The quantitative estimate of drug-likeness (QED) is 0.685. The van der Waals surface area contributed by atoms with Gasteiger partial charge in [-0.2, -0.15) is 0 Å². The lowest BCUT2D eigenvalue weighted by molar-refractivity contribution is 0.0751. The predicted octanol–water partition coefficient (Wildman–Crippen LogP) is 3.86. The number of aromatic nitrogens is 1. The van der Waals surface area contributed by atoms with Gasteiger partial charge in [0.05, 0.1) is 5.56 Å². The van der Waals surface area contributed by atoms with Gasteiger partial charge in [0, 0.05) is 43.4 Å². The van der Waals surface area contributed by atoms with E-state index < -0.39 is 0 Å². The lowest BCUT2D eigenvalue weighted by Gasteiger charge is -2.21. The Balaban J connectivity index is 2.17. The van der Waals surface area contributed by atoms with Crippen molar-refractivity contribution in [2.75, 3.05) is 20.6 Å². The number of halogens is 2. The molecule has 0 spiro atoms. The van der Waals surface area contributed by atoms with Crippen LogP contribution in [-0.4, -0.2) is 47.2 Å². The summed E-state index contributed by atoms with van der Waals surface area (Å²) < 4.78 is 0.697. The highest BCUT2D eigenvalue weighted by molar-refractivity contribution is 9.10. The van der Waals surface area contributed by atoms with Crippen LogP contribution in [-0.2, 0) is 6.54 Å². The van der Waals surface area contributed by atoms with Crippen molar-refractivity contribution in [1.29, 1.82) is 0 Å². The molecule has 132 valence electrons. The summed E-state index contributed by atoms with van der Waals surface area (Å²) >= 11 is 9.37. The number of pyridine rings is 1. The molecule has 1 aromatic carbocycles. The van der Waals surface area contributed by atoms with Crippen molar-refractivity contribution in [2.45, 2.75) is 13.5 Å². The topological polar surface area (TPSA) is 53.5 Å². The minimum absolute atomic E-state index is 0.0537. The highest BCUT2D eigenvalue weighted by atomic mass is 79.9. The van der Waals surface area contributed by atoms with E-state index in [0.29, 0.717) is 28.7 Å². The van der Waals surface area contributed by atoms with E-state index in [-0.39, 0.29) is 17.0 Å². The SMILES string of the molecule is CCN(Cc1ccc(C(=O)N(C)C)cc1)C(=O)c1cc(Br)cnc1Cl. The highest BCUT2D eigenvalue weighted by Crippen LogP contribution is 2.21. The molecule has 0 aliphatic heterocycles. The van der Waals surface area contributed by atoms with E-state index in [1.807, 2.05) is 19.1 Å². The fourth-order valence-corrected chi connectivity index (χ4v) is 2.82. The normalized spacial score (nSPS) is 10.4. The van der Waals surface area contributed by atoms with Gasteiger partial charge in [-0.3, -0.25) is 9.59 Å². The summed E-state index contributed by atoms with van der Waals surface area (Å²) in [4.78, 5) is 31.9. The van der Waals surface area contributed by atoms with Gasteiger partial charge < -0.3 is 9.80 Å². The van der Waals surface area contributed by atoms with Gasteiger partial charge in [0.15, 0.2) is 0 Å². The molecule has 0 unspecified atom stereocenters. The third-order valence-corrected chi connectivity index (χ3v) is 4.42. The van der Waals surface area contributed by atoms with Crippen LogP contribution in [0.5, 0.6) is 0 Å². The Bertz CT molecular complexity index is 778. The highest BCUT2D eigenvalue weighted by Gasteiger charge is 2.19.